The maximum Gasteiger partial charge on any atom is 0.296 e. The van der Waals surface area contributed by atoms with Crippen molar-refractivity contribution in [2.75, 3.05) is 0 Å². The zero-order valence-electron chi connectivity index (χ0n) is 7.77. The zero-order valence-corrected chi connectivity index (χ0v) is 7.77. The Labute approximate surface area is 77.9 Å². The van der Waals surface area contributed by atoms with Crippen LogP contribution >= 0.6 is 0 Å². The van der Waals surface area contributed by atoms with Crippen molar-refractivity contribution >= 4 is 5.91 Å². The van der Waals surface area contributed by atoms with Gasteiger partial charge in [0.2, 0.25) is 0 Å². The summed E-state index contributed by atoms with van der Waals surface area (Å²) in [4.78, 5) is 11.0. The van der Waals surface area contributed by atoms with Gasteiger partial charge in [-0.15, -0.1) is 0 Å². The molecule has 3 heteroatoms. The lowest BCUT2D eigenvalue weighted by molar-refractivity contribution is -0.116. The van der Waals surface area contributed by atoms with Crippen LogP contribution in [0.2, 0.25) is 0 Å². The van der Waals surface area contributed by atoms with Crippen LogP contribution in [0.4, 0.5) is 4.39 Å². The van der Waals surface area contributed by atoms with E-state index in [9.17, 15) is 9.18 Å². The molecule has 13 heavy (non-hydrogen) atoms. The number of alkyl halides is 1. The van der Waals surface area contributed by atoms with Crippen LogP contribution in [0.1, 0.15) is 32.6 Å². The molecule has 0 aromatic rings. The molecule has 2 nitrogen and oxygen atoms in total. The molecule has 0 aromatic carbocycles. The summed E-state index contributed by atoms with van der Waals surface area (Å²) in [5.41, 5.74) is 0. The first-order valence-corrected chi connectivity index (χ1v) is 4.59. The molecule has 1 aliphatic rings. The van der Waals surface area contributed by atoms with Crippen LogP contribution in [-0.2, 0) is 4.79 Å². The molecule has 1 aliphatic carbocycles. The van der Waals surface area contributed by atoms with Crippen LogP contribution in [0.25, 0.3) is 0 Å². The monoisotopic (exact) mass is 183 g/mol. The van der Waals surface area contributed by atoms with Gasteiger partial charge in [0.05, 0.1) is 0 Å². The van der Waals surface area contributed by atoms with Gasteiger partial charge in [-0.3, -0.25) is 4.79 Å². The lowest BCUT2D eigenvalue weighted by Crippen LogP contribution is -2.37. The number of amides is 1. The van der Waals surface area contributed by atoms with E-state index in [1.54, 1.807) is 6.92 Å². The van der Waals surface area contributed by atoms with Crippen LogP contribution in [-0.4, -0.2) is 18.1 Å². The number of nitrogens with one attached hydrogen (secondary N) is 1. The summed E-state index contributed by atoms with van der Waals surface area (Å²) < 4.78 is 12.7. The third-order valence-corrected chi connectivity index (χ3v) is 2.23. The summed E-state index contributed by atoms with van der Waals surface area (Å²) in [6.07, 6.45) is 1.91. The predicted octanol–water partition coefficient (Wildman–Crippen LogP) is 1.41. The highest BCUT2D eigenvalue weighted by Gasteiger charge is 2.21. The molecule has 0 atom stereocenters. The van der Waals surface area contributed by atoms with E-state index in [1.165, 1.54) is 0 Å². The fourth-order valence-corrected chi connectivity index (χ4v) is 1.53. The van der Waals surface area contributed by atoms with Crippen LogP contribution in [0.3, 0.4) is 0 Å². The lowest BCUT2D eigenvalue weighted by atomic mass is 9.94. The van der Waals surface area contributed by atoms with Crippen LogP contribution in [0.15, 0.2) is 0 Å². The Balaban J connectivity index is 2.29. The molecule has 1 amide bonds. The Hall–Kier alpha value is -1.04. The first-order valence-electron chi connectivity index (χ1n) is 4.59. The minimum atomic E-state index is -0.676. The van der Waals surface area contributed by atoms with Gasteiger partial charge < -0.3 is 5.32 Å². The summed E-state index contributed by atoms with van der Waals surface area (Å²) >= 11 is 0. The SMILES string of the molecule is CC#CC(=O)NC1CCC(F)CC1. The van der Waals surface area contributed by atoms with Gasteiger partial charge in [0.25, 0.3) is 5.91 Å². The third kappa shape index (κ3) is 3.45. The Morgan fingerprint density at radius 3 is 2.54 bits per heavy atom. The Morgan fingerprint density at radius 1 is 1.38 bits per heavy atom. The number of carbonyl (C=O) groups is 1. The van der Waals surface area contributed by atoms with Crippen LogP contribution < -0.4 is 5.32 Å². The van der Waals surface area contributed by atoms with Gasteiger partial charge in [0, 0.05) is 6.04 Å². The smallest absolute Gasteiger partial charge is 0.296 e. The summed E-state index contributed by atoms with van der Waals surface area (Å²) in [7, 11) is 0. The average molecular weight is 183 g/mol. The Kier molecular flexibility index (Phi) is 3.75. The third-order valence-electron chi connectivity index (χ3n) is 2.23. The number of hydrogen-bond acceptors (Lipinski definition) is 1. The van der Waals surface area contributed by atoms with Crippen LogP contribution in [0, 0.1) is 11.8 Å². The number of carbonyl (C=O) groups excluding carboxylic acids is 1. The maximum atomic E-state index is 12.7. The Morgan fingerprint density at radius 2 is 2.00 bits per heavy atom. The summed E-state index contributed by atoms with van der Waals surface area (Å²) in [6, 6.07) is 0.125. The molecule has 1 rings (SSSR count). The molecule has 1 fully saturated rings. The molecule has 0 spiro atoms. The van der Waals surface area contributed by atoms with Crippen molar-refractivity contribution in [3.05, 3.63) is 0 Å². The summed E-state index contributed by atoms with van der Waals surface area (Å²) in [6.45, 7) is 1.62. The average Bonchev–Trinajstić information content (AvgIpc) is 2.09. The summed E-state index contributed by atoms with van der Waals surface area (Å²) in [5.74, 6) is 4.69. The molecule has 72 valence electrons. The fraction of sp³-hybridized carbons (Fsp3) is 0.700. The highest BCUT2D eigenvalue weighted by Crippen LogP contribution is 2.20. The predicted molar refractivity (Wildman–Crippen MR) is 48.7 cm³/mol. The van der Waals surface area contributed by atoms with Gasteiger partial charge in [-0.25, -0.2) is 4.39 Å². The highest BCUT2D eigenvalue weighted by molar-refractivity contribution is 5.93. The molecule has 0 saturated heterocycles. The molecule has 0 heterocycles. The van der Waals surface area contributed by atoms with Gasteiger partial charge in [0.15, 0.2) is 0 Å². The van der Waals surface area contributed by atoms with E-state index in [1.807, 2.05) is 0 Å². The first-order chi connectivity index (χ1) is 6.22. The van der Waals surface area contributed by atoms with Gasteiger partial charge in [-0.1, -0.05) is 5.92 Å². The second-order valence-corrected chi connectivity index (χ2v) is 3.30. The molecule has 0 unspecified atom stereocenters. The fourth-order valence-electron chi connectivity index (χ4n) is 1.53. The van der Waals surface area contributed by atoms with Crippen molar-refractivity contribution in [1.29, 1.82) is 0 Å². The molecule has 0 radical (unpaired) electrons. The second-order valence-electron chi connectivity index (χ2n) is 3.30. The van der Waals surface area contributed by atoms with Crippen LogP contribution in [0.5, 0.6) is 0 Å². The second kappa shape index (κ2) is 4.86. The lowest BCUT2D eigenvalue weighted by Gasteiger charge is -2.24. The van der Waals surface area contributed by atoms with Crippen molar-refractivity contribution < 1.29 is 9.18 Å². The van der Waals surface area contributed by atoms with Crippen molar-refractivity contribution in [3.8, 4) is 11.8 Å². The molecule has 1 saturated carbocycles. The highest BCUT2D eigenvalue weighted by atomic mass is 19.1. The number of halogens is 1. The van der Waals surface area contributed by atoms with Crippen molar-refractivity contribution in [3.63, 3.8) is 0 Å². The largest absolute Gasteiger partial charge is 0.343 e. The van der Waals surface area contributed by atoms with E-state index in [0.29, 0.717) is 12.8 Å². The standard InChI is InChI=1S/C10H14FNO/c1-2-3-10(13)12-9-6-4-8(11)5-7-9/h8-9H,4-7H2,1H3,(H,12,13). The van der Waals surface area contributed by atoms with E-state index in [-0.39, 0.29) is 11.9 Å². The minimum Gasteiger partial charge on any atom is -0.343 e. The van der Waals surface area contributed by atoms with E-state index in [4.69, 9.17) is 0 Å². The maximum absolute atomic E-state index is 12.7. The molecular formula is C10H14FNO. The van der Waals surface area contributed by atoms with E-state index in [2.05, 4.69) is 17.2 Å². The molecule has 0 bridgehead atoms. The van der Waals surface area contributed by atoms with Crippen molar-refractivity contribution in [2.24, 2.45) is 0 Å². The number of hydrogen-bond donors (Lipinski definition) is 1. The molecule has 1 N–H and O–H groups in total. The van der Waals surface area contributed by atoms with Crippen molar-refractivity contribution in [1.82, 2.24) is 5.32 Å². The normalized spacial score (nSPS) is 27.2. The first kappa shape index (κ1) is 10.0. The molecule has 0 aliphatic heterocycles. The van der Waals surface area contributed by atoms with Gasteiger partial charge in [-0.2, -0.15) is 0 Å². The van der Waals surface area contributed by atoms with E-state index >= 15 is 0 Å². The quantitative estimate of drug-likeness (QED) is 0.612. The zero-order chi connectivity index (χ0) is 9.68. The summed E-state index contributed by atoms with van der Waals surface area (Å²) in [5, 5.41) is 2.76. The minimum absolute atomic E-state index is 0.125. The Bertz CT molecular complexity index is 233. The number of rotatable bonds is 1. The molecule has 0 aromatic heterocycles. The van der Waals surface area contributed by atoms with Gasteiger partial charge in [0.1, 0.15) is 6.17 Å². The van der Waals surface area contributed by atoms with Gasteiger partial charge in [-0.05, 0) is 38.5 Å². The molecular weight excluding hydrogens is 169 g/mol. The topological polar surface area (TPSA) is 29.1 Å². The van der Waals surface area contributed by atoms with E-state index < -0.39 is 6.17 Å². The van der Waals surface area contributed by atoms with E-state index in [0.717, 1.165) is 12.8 Å². The van der Waals surface area contributed by atoms with Gasteiger partial charge >= 0.3 is 0 Å². The van der Waals surface area contributed by atoms with Crippen molar-refractivity contribution in [2.45, 2.75) is 44.8 Å².